The van der Waals surface area contributed by atoms with E-state index in [9.17, 15) is 0 Å². The molecule has 3 nitrogen and oxygen atoms in total. The second-order valence-corrected chi connectivity index (χ2v) is 3.31. The van der Waals surface area contributed by atoms with Gasteiger partial charge in [-0.15, -0.1) is 0 Å². The van der Waals surface area contributed by atoms with Crippen LogP contribution in [0.2, 0.25) is 0 Å². The van der Waals surface area contributed by atoms with Gasteiger partial charge in [0.25, 0.3) is 0 Å². The molecule has 0 unspecified atom stereocenters. The van der Waals surface area contributed by atoms with Crippen molar-refractivity contribution in [1.29, 1.82) is 0 Å². The summed E-state index contributed by atoms with van der Waals surface area (Å²) in [5.41, 5.74) is 0. The molecule has 2 aliphatic rings. The first-order valence-corrected chi connectivity index (χ1v) is 3.96. The van der Waals surface area contributed by atoms with Crippen LogP contribution in [0.15, 0.2) is 0 Å². The summed E-state index contributed by atoms with van der Waals surface area (Å²) in [5, 5.41) is 12.0. The summed E-state index contributed by atoms with van der Waals surface area (Å²) in [6, 6.07) is 0.780. The molecule has 2 saturated heterocycles. The number of nitrogens with one attached hydrogen (secondary N) is 1. The van der Waals surface area contributed by atoms with Crippen LogP contribution in [0, 0.1) is 5.92 Å². The van der Waals surface area contributed by atoms with E-state index in [-0.39, 0.29) is 0 Å². The molecule has 2 N–H and O–H groups in total. The van der Waals surface area contributed by atoms with E-state index in [4.69, 9.17) is 5.11 Å². The molecule has 2 rings (SSSR count). The minimum absolute atomic E-state index is 0.372. The predicted octanol–water partition coefficient (Wildman–Crippen LogP) is -1.12. The van der Waals surface area contributed by atoms with Crippen LogP contribution in [-0.4, -0.2) is 48.8 Å². The number of rotatable bonds is 2. The molecule has 0 amide bonds. The van der Waals surface area contributed by atoms with E-state index in [1.165, 1.54) is 0 Å². The number of likely N-dealkylation sites (tertiary alicyclic amines) is 1. The Hall–Kier alpha value is -0.120. The van der Waals surface area contributed by atoms with E-state index < -0.39 is 0 Å². The number of hydrogen-bond donors (Lipinski definition) is 2. The van der Waals surface area contributed by atoms with Gasteiger partial charge < -0.3 is 10.4 Å². The van der Waals surface area contributed by atoms with Crippen molar-refractivity contribution in [2.45, 2.75) is 6.04 Å². The normalized spacial score (nSPS) is 29.7. The first-order valence-electron chi connectivity index (χ1n) is 3.96. The molecule has 0 aliphatic carbocycles. The topological polar surface area (TPSA) is 35.5 Å². The summed E-state index contributed by atoms with van der Waals surface area (Å²) in [5.74, 6) is 0.570. The lowest BCUT2D eigenvalue weighted by molar-refractivity contribution is 0.00223. The molecule has 0 aromatic rings. The molecular weight excluding hydrogens is 128 g/mol. The molecule has 0 aromatic carbocycles. The van der Waals surface area contributed by atoms with Gasteiger partial charge >= 0.3 is 0 Å². The number of aliphatic hydroxyl groups excluding tert-OH is 1. The smallest absolute Gasteiger partial charge is 0.0483 e. The van der Waals surface area contributed by atoms with Crippen LogP contribution in [0.3, 0.4) is 0 Å². The predicted molar refractivity (Wildman–Crippen MR) is 38.8 cm³/mol. The van der Waals surface area contributed by atoms with Crippen molar-refractivity contribution in [1.82, 2.24) is 10.2 Å². The van der Waals surface area contributed by atoms with Crippen molar-refractivity contribution >= 4 is 0 Å². The van der Waals surface area contributed by atoms with Gasteiger partial charge in [-0.05, 0) is 0 Å². The average molecular weight is 142 g/mol. The second kappa shape index (κ2) is 2.49. The van der Waals surface area contributed by atoms with Crippen LogP contribution >= 0.6 is 0 Å². The maximum atomic E-state index is 8.73. The van der Waals surface area contributed by atoms with Crippen LogP contribution in [0.1, 0.15) is 0 Å². The van der Waals surface area contributed by atoms with E-state index >= 15 is 0 Å². The molecule has 2 fully saturated rings. The van der Waals surface area contributed by atoms with E-state index in [0.717, 1.165) is 32.2 Å². The van der Waals surface area contributed by atoms with Gasteiger partial charge in [-0.25, -0.2) is 0 Å². The lowest BCUT2D eigenvalue weighted by Crippen LogP contribution is -2.64. The summed E-state index contributed by atoms with van der Waals surface area (Å²) in [4.78, 5) is 2.44. The van der Waals surface area contributed by atoms with E-state index in [0.29, 0.717) is 12.5 Å². The molecule has 0 radical (unpaired) electrons. The Balaban J connectivity index is 1.69. The molecule has 0 bridgehead atoms. The Labute approximate surface area is 61.0 Å². The zero-order valence-corrected chi connectivity index (χ0v) is 6.08. The maximum absolute atomic E-state index is 8.73. The van der Waals surface area contributed by atoms with Crippen molar-refractivity contribution < 1.29 is 5.11 Å². The average Bonchev–Trinajstić information content (AvgIpc) is 1.72. The Morgan fingerprint density at radius 3 is 2.50 bits per heavy atom. The lowest BCUT2D eigenvalue weighted by atomic mass is 9.96. The Bertz CT molecular complexity index is 119. The van der Waals surface area contributed by atoms with Crippen LogP contribution in [0.4, 0.5) is 0 Å². The summed E-state index contributed by atoms with van der Waals surface area (Å²) in [6.45, 7) is 4.90. The standard InChI is InChI=1S/C7H14N2O/c10-5-6-3-9(4-6)7-1-8-2-7/h6-8,10H,1-5H2. The fourth-order valence-electron chi connectivity index (χ4n) is 1.56. The van der Waals surface area contributed by atoms with Crippen molar-refractivity contribution in [2.24, 2.45) is 5.92 Å². The molecular formula is C7H14N2O. The molecule has 2 aliphatic heterocycles. The first-order chi connectivity index (χ1) is 4.90. The van der Waals surface area contributed by atoms with Gasteiger partial charge in [0, 0.05) is 44.7 Å². The minimum Gasteiger partial charge on any atom is -0.396 e. The molecule has 2 heterocycles. The number of hydrogen-bond acceptors (Lipinski definition) is 3. The summed E-state index contributed by atoms with van der Waals surface area (Å²) in [7, 11) is 0. The van der Waals surface area contributed by atoms with Gasteiger partial charge in [0.1, 0.15) is 0 Å². The summed E-state index contributed by atoms with van der Waals surface area (Å²) in [6.07, 6.45) is 0. The van der Waals surface area contributed by atoms with Crippen LogP contribution in [0.5, 0.6) is 0 Å². The van der Waals surface area contributed by atoms with Crippen molar-refractivity contribution in [2.75, 3.05) is 32.8 Å². The molecule has 0 saturated carbocycles. The highest BCUT2D eigenvalue weighted by Gasteiger charge is 2.34. The van der Waals surface area contributed by atoms with Gasteiger partial charge in [-0.3, -0.25) is 4.90 Å². The molecule has 58 valence electrons. The SMILES string of the molecule is OCC1CN(C2CNC2)C1. The fraction of sp³-hybridized carbons (Fsp3) is 1.00. The molecule has 0 atom stereocenters. The highest BCUT2D eigenvalue weighted by atomic mass is 16.3. The van der Waals surface area contributed by atoms with Crippen LogP contribution < -0.4 is 5.32 Å². The molecule has 0 spiro atoms. The summed E-state index contributed by atoms with van der Waals surface area (Å²) >= 11 is 0. The maximum Gasteiger partial charge on any atom is 0.0483 e. The Morgan fingerprint density at radius 1 is 1.40 bits per heavy atom. The van der Waals surface area contributed by atoms with Gasteiger partial charge in [-0.1, -0.05) is 0 Å². The zero-order chi connectivity index (χ0) is 6.97. The first kappa shape index (κ1) is 6.58. The van der Waals surface area contributed by atoms with Crippen molar-refractivity contribution in [3.05, 3.63) is 0 Å². The fourth-order valence-corrected chi connectivity index (χ4v) is 1.56. The minimum atomic E-state index is 0.372. The molecule has 3 heteroatoms. The number of nitrogens with zero attached hydrogens (tertiary/aromatic N) is 1. The van der Waals surface area contributed by atoms with Gasteiger partial charge in [0.15, 0.2) is 0 Å². The monoisotopic (exact) mass is 142 g/mol. The lowest BCUT2D eigenvalue weighted by Gasteiger charge is -2.47. The molecule has 10 heavy (non-hydrogen) atoms. The van der Waals surface area contributed by atoms with E-state index in [1.807, 2.05) is 0 Å². The van der Waals surface area contributed by atoms with E-state index in [2.05, 4.69) is 10.2 Å². The highest BCUT2D eigenvalue weighted by Crippen LogP contribution is 2.19. The van der Waals surface area contributed by atoms with Crippen LogP contribution in [-0.2, 0) is 0 Å². The third kappa shape index (κ3) is 0.944. The van der Waals surface area contributed by atoms with Gasteiger partial charge in [0.2, 0.25) is 0 Å². The molecule has 0 aromatic heterocycles. The van der Waals surface area contributed by atoms with Gasteiger partial charge in [-0.2, -0.15) is 0 Å². The third-order valence-electron chi connectivity index (χ3n) is 2.52. The van der Waals surface area contributed by atoms with Crippen molar-refractivity contribution in [3.63, 3.8) is 0 Å². The quantitative estimate of drug-likeness (QED) is 0.513. The largest absolute Gasteiger partial charge is 0.396 e. The highest BCUT2D eigenvalue weighted by molar-refractivity contribution is 4.91. The summed E-state index contributed by atoms with van der Waals surface area (Å²) < 4.78 is 0. The van der Waals surface area contributed by atoms with Crippen molar-refractivity contribution in [3.8, 4) is 0 Å². The Morgan fingerprint density at radius 2 is 2.10 bits per heavy atom. The number of aliphatic hydroxyl groups is 1. The van der Waals surface area contributed by atoms with Gasteiger partial charge in [0.05, 0.1) is 0 Å². The van der Waals surface area contributed by atoms with E-state index in [1.54, 1.807) is 0 Å². The second-order valence-electron chi connectivity index (χ2n) is 3.31. The third-order valence-corrected chi connectivity index (χ3v) is 2.52. The zero-order valence-electron chi connectivity index (χ0n) is 6.08. The Kier molecular flexibility index (Phi) is 1.64. The van der Waals surface area contributed by atoms with Crippen LogP contribution in [0.25, 0.3) is 0 Å².